The fourth-order valence-electron chi connectivity index (χ4n) is 3.12. The van der Waals surface area contributed by atoms with E-state index in [9.17, 15) is 4.39 Å². The summed E-state index contributed by atoms with van der Waals surface area (Å²) in [7, 11) is 0. The molecular weight excluding hydrogens is 255 g/mol. The minimum atomic E-state index is -0.137. The van der Waals surface area contributed by atoms with Gasteiger partial charge >= 0.3 is 0 Å². The first-order valence-electron chi connectivity index (χ1n) is 7.56. The third-order valence-electron chi connectivity index (χ3n) is 4.30. The number of ether oxygens (including phenoxy) is 1. The number of nitrogens with zero attached hydrogens (tertiary/aromatic N) is 2. The van der Waals surface area contributed by atoms with E-state index in [1.165, 1.54) is 19.0 Å². The molecule has 2 aliphatic rings. The predicted octanol–water partition coefficient (Wildman–Crippen LogP) is 1.98. The van der Waals surface area contributed by atoms with Crippen LogP contribution in [0.3, 0.4) is 0 Å². The number of hydrogen-bond acceptors (Lipinski definition) is 3. The van der Waals surface area contributed by atoms with Gasteiger partial charge in [-0.1, -0.05) is 12.1 Å². The average molecular weight is 278 g/mol. The van der Waals surface area contributed by atoms with Crippen LogP contribution in [0.15, 0.2) is 24.3 Å². The van der Waals surface area contributed by atoms with E-state index in [1.54, 1.807) is 12.1 Å². The highest BCUT2D eigenvalue weighted by Crippen LogP contribution is 2.16. The molecule has 0 aromatic heterocycles. The predicted molar refractivity (Wildman–Crippen MR) is 77.0 cm³/mol. The Morgan fingerprint density at radius 2 is 1.95 bits per heavy atom. The molecular formula is C16H23FN2O. The van der Waals surface area contributed by atoms with Gasteiger partial charge in [-0.3, -0.25) is 4.90 Å². The van der Waals surface area contributed by atoms with Crippen molar-refractivity contribution in [3.8, 4) is 0 Å². The summed E-state index contributed by atoms with van der Waals surface area (Å²) >= 11 is 0. The van der Waals surface area contributed by atoms with Gasteiger partial charge in [0.1, 0.15) is 5.82 Å². The van der Waals surface area contributed by atoms with E-state index in [4.69, 9.17) is 4.74 Å². The first kappa shape index (κ1) is 14.0. The van der Waals surface area contributed by atoms with Gasteiger partial charge in [-0.2, -0.15) is 0 Å². The van der Waals surface area contributed by atoms with Crippen LogP contribution in [-0.2, 0) is 11.3 Å². The molecule has 3 rings (SSSR count). The minimum absolute atomic E-state index is 0.137. The van der Waals surface area contributed by atoms with Crippen molar-refractivity contribution in [2.24, 2.45) is 5.92 Å². The zero-order valence-electron chi connectivity index (χ0n) is 11.9. The van der Waals surface area contributed by atoms with Gasteiger partial charge in [0.25, 0.3) is 0 Å². The molecule has 110 valence electrons. The van der Waals surface area contributed by atoms with Crippen molar-refractivity contribution < 1.29 is 9.13 Å². The number of benzene rings is 1. The van der Waals surface area contributed by atoms with Gasteiger partial charge in [0.05, 0.1) is 6.61 Å². The number of rotatable bonds is 4. The lowest BCUT2D eigenvalue weighted by Gasteiger charge is -2.35. The van der Waals surface area contributed by atoms with Crippen LogP contribution in [0.5, 0.6) is 0 Å². The highest BCUT2D eigenvalue weighted by Gasteiger charge is 2.22. The Hall–Kier alpha value is -0.970. The third-order valence-corrected chi connectivity index (χ3v) is 4.30. The normalized spacial score (nSPS) is 25.1. The fourth-order valence-corrected chi connectivity index (χ4v) is 3.12. The van der Waals surface area contributed by atoms with E-state index in [2.05, 4.69) is 9.80 Å². The summed E-state index contributed by atoms with van der Waals surface area (Å²) in [6.45, 7) is 8.28. The van der Waals surface area contributed by atoms with Crippen LogP contribution >= 0.6 is 0 Å². The maximum absolute atomic E-state index is 13.2. The van der Waals surface area contributed by atoms with E-state index >= 15 is 0 Å². The number of halogens is 1. The molecule has 1 unspecified atom stereocenters. The molecule has 0 N–H and O–H groups in total. The first-order chi connectivity index (χ1) is 9.79. The minimum Gasteiger partial charge on any atom is -0.381 e. The van der Waals surface area contributed by atoms with Gasteiger partial charge in [0, 0.05) is 45.9 Å². The van der Waals surface area contributed by atoms with Crippen molar-refractivity contribution in [1.29, 1.82) is 0 Å². The molecule has 0 spiro atoms. The van der Waals surface area contributed by atoms with Crippen LogP contribution in [0.2, 0.25) is 0 Å². The monoisotopic (exact) mass is 278 g/mol. The zero-order chi connectivity index (χ0) is 13.8. The summed E-state index contributed by atoms with van der Waals surface area (Å²) in [5.74, 6) is 0.590. The van der Waals surface area contributed by atoms with Crippen LogP contribution in [0, 0.1) is 11.7 Å². The van der Waals surface area contributed by atoms with Crippen LogP contribution in [0.4, 0.5) is 4.39 Å². The Bertz CT molecular complexity index is 426. The summed E-state index contributed by atoms with van der Waals surface area (Å²) in [5.41, 5.74) is 1.07. The van der Waals surface area contributed by atoms with Crippen molar-refractivity contribution in [1.82, 2.24) is 9.80 Å². The lowest BCUT2D eigenvalue weighted by atomic mass is 10.1. The molecule has 2 saturated heterocycles. The molecule has 2 heterocycles. The van der Waals surface area contributed by atoms with Gasteiger partial charge in [-0.15, -0.1) is 0 Å². The van der Waals surface area contributed by atoms with E-state index in [0.29, 0.717) is 0 Å². The second-order valence-corrected chi connectivity index (χ2v) is 5.94. The van der Waals surface area contributed by atoms with Gasteiger partial charge in [0.15, 0.2) is 0 Å². The van der Waals surface area contributed by atoms with Crippen molar-refractivity contribution >= 4 is 0 Å². The standard InChI is InChI=1S/C16H23FN2O/c17-16-3-1-2-14(10-16)11-18-5-7-19(8-6-18)12-15-4-9-20-13-15/h1-3,10,15H,4-9,11-13H2. The van der Waals surface area contributed by atoms with Crippen molar-refractivity contribution in [2.45, 2.75) is 13.0 Å². The number of piperazine rings is 1. The first-order valence-corrected chi connectivity index (χ1v) is 7.56. The molecule has 1 atom stereocenters. The summed E-state index contributed by atoms with van der Waals surface area (Å²) < 4.78 is 18.6. The molecule has 4 heteroatoms. The van der Waals surface area contributed by atoms with Gasteiger partial charge in [-0.25, -0.2) is 4.39 Å². The van der Waals surface area contributed by atoms with Gasteiger partial charge in [0.2, 0.25) is 0 Å². The Morgan fingerprint density at radius 1 is 1.15 bits per heavy atom. The molecule has 0 radical (unpaired) electrons. The molecule has 0 bridgehead atoms. The summed E-state index contributed by atoms with van der Waals surface area (Å²) in [5, 5.41) is 0. The lowest BCUT2D eigenvalue weighted by Crippen LogP contribution is -2.47. The Labute approximate surface area is 120 Å². The van der Waals surface area contributed by atoms with Crippen LogP contribution in [0.25, 0.3) is 0 Å². The second kappa shape index (κ2) is 6.66. The topological polar surface area (TPSA) is 15.7 Å². The SMILES string of the molecule is Fc1cccc(CN2CCN(CC3CCOC3)CC2)c1. The fraction of sp³-hybridized carbons (Fsp3) is 0.625. The van der Waals surface area contributed by atoms with Crippen LogP contribution in [-0.4, -0.2) is 55.7 Å². The van der Waals surface area contributed by atoms with E-state index in [-0.39, 0.29) is 5.82 Å². The van der Waals surface area contributed by atoms with E-state index in [1.807, 2.05) is 6.07 Å². The Balaban J connectivity index is 1.43. The van der Waals surface area contributed by atoms with Crippen molar-refractivity contribution in [2.75, 3.05) is 45.9 Å². The molecule has 20 heavy (non-hydrogen) atoms. The Morgan fingerprint density at radius 3 is 2.65 bits per heavy atom. The molecule has 1 aromatic carbocycles. The van der Waals surface area contributed by atoms with E-state index < -0.39 is 0 Å². The van der Waals surface area contributed by atoms with Crippen LogP contribution in [0.1, 0.15) is 12.0 Å². The molecule has 0 amide bonds. The highest BCUT2D eigenvalue weighted by atomic mass is 19.1. The molecule has 3 nitrogen and oxygen atoms in total. The molecule has 2 aliphatic heterocycles. The van der Waals surface area contributed by atoms with E-state index in [0.717, 1.165) is 57.4 Å². The molecule has 2 fully saturated rings. The summed E-state index contributed by atoms with van der Waals surface area (Å²) in [4.78, 5) is 4.96. The second-order valence-electron chi connectivity index (χ2n) is 5.94. The Kier molecular flexibility index (Phi) is 4.65. The third kappa shape index (κ3) is 3.78. The molecule has 1 aromatic rings. The van der Waals surface area contributed by atoms with Gasteiger partial charge in [-0.05, 0) is 30.0 Å². The molecule has 0 saturated carbocycles. The lowest BCUT2D eigenvalue weighted by molar-refractivity contribution is 0.107. The largest absolute Gasteiger partial charge is 0.381 e. The zero-order valence-corrected chi connectivity index (χ0v) is 11.9. The average Bonchev–Trinajstić information content (AvgIpc) is 2.94. The number of hydrogen-bond donors (Lipinski definition) is 0. The van der Waals surface area contributed by atoms with Crippen molar-refractivity contribution in [3.63, 3.8) is 0 Å². The smallest absolute Gasteiger partial charge is 0.123 e. The summed E-state index contributed by atoms with van der Waals surface area (Å²) in [6.07, 6.45) is 1.21. The summed E-state index contributed by atoms with van der Waals surface area (Å²) in [6, 6.07) is 6.94. The maximum atomic E-state index is 13.2. The van der Waals surface area contributed by atoms with Crippen molar-refractivity contribution in [3.05, 3.63) is 35.6 Å². The highest BCUT2D eigenvalue weighted by molar-refractivity contribution is 5.16. The quantitative estimate of drug-likeness (QED) is 0.837. The molecule has 0 aliphatic carbocycles. The maximum Gasteiger partial charge on any atom is 0.123 e. The van der Waals surface area contributed by atoms with Gasteiger partial charge < -0.3 is 9.64 Å². The van der Waals surface area contributed by atoms with Crippen LogP contribution < -0.4 is 0 Å².